The lowest BCUT2D eigenvalue weighted by molar-refractivity contribution is -0.130. The fourth-order valence-corrected chi connectivity index (χ4v) is 4.84. The maximum Gasteiger partial charge on any atom is 0.234 e. The highest BCUT2D eigenvalue weighted by Crippen LogP contribution is 2.34. The van der Waals surface area contributed by atoms with Gasteiger partial charge in [-0.1, -0.05) is 6.92 Å². The third-order valence-corrected chi connectivity index (χ3v) is 6.24. The predicted octanol–water partition coefficient (Wildman–Crippen LogP) is 2.18. The van der Waals surface area contributed by atoms with Gasteiger partial charge in [0.2, 0.25) is 11.8 Å². The van der Waals surface area contributed by atoms with Gasteiger partial charge < -0.3 is 10.2 Å². The average Bonchev–Trinajstić information content (AvgIpc) is 3.03. The molecule has 1 aromatic rings. The Bertz CT molecular complexity index is 593. The van der Waals surface area contributed by atoms with Crippen molar-refractivity contribution in [2.75, 3.05) is 26.2 Å². The second-order valence-corrected chi connectivity index (χ2v) is 7.79. The summed E-state index contributed by atoms with van der Waals surface area (Å²) in [6, 6.07) is 2.79. The second kappa shape index (κ2) is 7.66. The lowest BCUT2D eigenvalue weighted by Crippen LogP contribution is -2.49. The molecule has 0 spiro atoms. The van der Waals surface area contributed by atoms with Gasteiger partial charge in [-0.15, -0.1) is 11.3 Å². The Morgan fingerprint density at radius 2 is 2.04 bits per heavy atom. The van der Waals surface area contributed by atoms with Crippen LogP contribution < -0.4 is 5.32 Å². The summed E-state index contributed by atoms with van der Waals surface area (Å²) in [6.07, 6.45) is 3.80. The number of piperidine rings is 1. The van der Waals surface area contributed by atoms with Gasteiger partial charge in [0.15, 0.2) is 0 Å². The Morgan fingerprint density at radius 3 is 2.71 bits per heavy atom. The first-order valence-electron chi connectivity index (χ1n) is 8.93. The number of fused-ring (bicyclic) bond motifs is 1. The van der Waals surface area contributed by atoms with Crippen LogP contribution in [0.5, 0.6) is 0 Å². The number of carbonyl (C=O) groups excluding carboxylic acids is 2. The molecule has 1 atom stereocenters. The molecule has 2 aliphatic heterocycles. The van der Waals surface area contributed by atoms with Gasteiger partial charge in [0.05, 0.1) is 6.54 Å². The number of nitrogens with one attached hydrogen (secondary N) is 1. The van der Waals surface area contributed by atoms with Crippen molar-refractivity contribution in [3.8, 4) is 0 Å². The molecule has 0 aliphatic carbocycles. The second-order valence-electron chi connectivity index (χ2n) is 6.79. The van der Waals surface area contributed by atoms with Crippen LogP contribution in [0.25, 0.3) is 0 Å². The monoisotopic (exact) mass is 349 g/mol. The Hall–Kier alpha value is -1.40. The normalized spacial score (nSPS) is 22.2. The summed E-state index contributed by atoms with van der Waals surface area (Å²) < 4.78 is 0. The van der Waals surface area contributed by atoms with Gasteiger partial charge in [0.25, 0.3) is 0 Å². The van der Waals surface area contributed by atoms with E-state index in [1.54, 1.807) is 6.92 Å². The summed E-state index contributed by atoms with van der Waals surface area (Å²) in [5.74, 6) is 0.249. The van der Waals surface area contributed by atoms with E-state index in [2.05, 4.69) is 28.6 Å². The van der Waals surface area contributed by atoms with Gasteiger partial charge in [-0.25, -0.2) is 0 Å². The lowest BCUT2D eigenvalue weighted by Gasteiger charge is -2.36. The number of carbonyl (C=O) groups is 2. The van der Waals surface area contributed by atoms with Gasteiger partial charge in [-0.05, 0) is 42.7 Å². The molecule has 0 unspecified atom stereocenters. The number of nitrogens with zero attached hydrogens (tertiary/aromatic N) is 2. The minimum atomic E-state index is 0.119. The zero-order chi connectivity index (χ0) is 17.1. The van der Waals surface area contributed by atoms with E-state index in [0.717, 1.165) is 45.3 Å². The van der Waals surface area contributed by atoms with Crippen molar-refractivity contribution in [2.45, 2.75) is 51.6 Å². The topological polar surface area (TPSA) is 52.7 Å². The Labute approximate surface area is 148 Å². The van der Waals surface area contributed by atoms with Crippen molar-refractivity contribution in [1.82, 2.24) is 15.1 Å². The van der Waals surface area contributed by atoms with Crippen LogP contribution in [-0.2, 0) is 16.0 Å². The van der Waals surface area contributed by atoms with Crippen molar-refractivity contribution < 1.29 is 9.59 Å². The molecule has 5 nitrogen and oxygen atoms in total. The van der Waals surface area contributed by atoms with Gasteiger partial charge >= 0.3 is 0 Å². The van der Waals surface area contributed by atoms with Crippen molar-refractivity contribution in [2.24, 2.45) is 0 Å². The van der Waals surface area contributed by atoms with Crippen LogP contribution in [0.15, 0.2) is 11.4 Å². The molecule has 0 radical (unpaired) electrons. The molecule has 1 fully saturated rings. The molecule has 0 aromatic carbocycles. The smallest absolute Gasteiger partial charge is 0.234 e. The zero-order valence-electron chi connectivity index (χ0n) is 14.6. The largest absolute Gasteiger partial charge is 0.352 e. The molecule has 132 valence electrons. The van der Waals surface area contributed by atoms with Gasteiger partial charge in [0.1, 0.15) is 0 Å². The first kappa shape index (κ1) is 17.4. The molecular formula is C18H27N3O2S. The molecule has 24 heavy (non-hydrogen) atoms. The lowest BCUT2D eigenvalue weighted by atomic mass is 9.98. The molecule has 1 N–H and O–H groups in total. The number of thiophene rings is 1. The number of likely N-dealkylation sites (tertiary alicyclic amines) is 1. The maximum absolute atomic E-state index is 12.5. The molecule has 6 heteroatoms. The number of rotatable bonds is 4. The van der Waals surface area contributed by atoms with Gasteiger partial charge in [0, 0.05) is 43.5 Å². The number of amides is 2. The highest BCUT2D eigenvalue weighted by Gasteiger charge is 2.29. The molecule has 2 amide bonds. The number of hydrogen-bond donors (Lipinski definition) is 1. The van der Waals surface area contributed by atoms with E-state index in [-0.39, 0.29) is 17.9 Å². The van der Waals surface area contributed by atoms with Crippen LogP contribution in [0.3, 0.4) is 0 Å². The van der Waals surface area contributed by atoms with Crippen LogP contribution >= 0.6 is 11.3 Å². The summed E-state index contributed by atoms with van der Waals surface area (Å²) in [6.45, 7) is 6.74. The molecule has 0 saturated carbocycles. The first-order valence-corrected chi connectivity index (χ1v) is 9.81. The highest BCUT2D eigenvalue weighted by molar-refractivity contribution is 7.10. The van der Waals surface area contributed by atoms with E-state index >= 15 is 0 Å². The van der Waals surface area contributed by atoms with E-state index in [1.165, 1.54) is 10.4 Å². The molecule has 1 aromatic heterocycles. The highest BCUT2D eigenvalue weighted by atomic mass is 32.1. The van der Waals surface area contributed by atoms with Crippen molar-refractivity contribution >= 4 is 23.2 Å². The van der Waals surface area contributed by atoms with Gasteiger partial charge in [-0.2, -0.15) is 0 Å². The SMILES string of the molecule is CC[C@H]1c2ccsc2CCN1CC(=O)NC1CCN(C(C)=O)CC1. The molecular weight excluding hydrogens is 322 g/mol. The third kappa shape index (κ3) is 3.81. The molecule has 3 heterocycles. The summed E-state index contributed by atoms with van der Waals surface area (Å²) in [4.78, 5) is 29.5. The van der Waals surface area contributed by atoms with E-state index in [4.69, 9.17) is 0 Å². The quantitative estimate of drug-likeness (QED) is 0.906. The number of hydrogen-bond acceptors (Lipinski definition) is 4. The van der Waals surface area contributed by atoms with Crippen LogP contribution in [0, 0.1) is 0 Å². The minimum absolute atomic E-state index is 0.119. The summed E-state index contributed by atoms with van der Waals surface area (Å²) in [5.41, 5.74) is 1.41. The van der Waals surface area contributed by atoms with E-state index in [1.807, 2.05) is 16.2 Å². The summed E-state index contributed by atoms with van der Waals surface area (Å²) in [7, 11) is 0. The Balaban J connectivity index is 1.51. The minimum Gasteiger partial charge on any atom is -0.352 e. The van der Waals surface area contributed by atoms with Crippen molar-refractivity contribution in [3.05, 3.63) is 21.9 Å². The van der Waals surface area contributed by atoms with E-state index < -0.39 is 0 Å². The van der Waals surface area contributed by atoms with Crippen LogP contribution in [-0.4, -0.2) is 53.8 Å². The molecule has 0 bridgehead atoms. The van der Waals surface area contributed by atoms with Crippen LogP contribution in [0.1, 0.15) is 49.6 Å². The fraction of sp³-hybridized carbons (Fsp3) is 0.667. The standard InChI is InChI=1S/C18H27N3O2S/c1-3-16-15-7-11-24-17(15)6-10-21(16)12-18(23)19-14-4-8-20(9-5-14)13(2)22/h7,11,14,16H,3-6,8-10,12H2,1-2H3,(H,19,23)/t16-/m0/s1. The first-order chi connectivity index (χ1) is 11.6. The maximum atomic E-state index is 12.5. The zero-order valence-corrected chi connectivity index (χ0v) is 15.4. The molecule has 3 rings (SSSR count). The Kier molecular flexibility index (Phi) is 5.56. The fourth-order valence-electron chi connectivity index (χ4n) is 3.91. The molecule has 1 saturated heterocycles. The van der Waals surface area contributed by atoms with Crippen molar-refractivity contribution in [1.29, 1.82) is 0 Å². The summed E-state index contributed by atoms with van der Waals surface area (Å²) >= 11 is 1.84. The summed E-state index contributed by atoms with van der Waals surface area (Å²) in [5, 5.41) is 5.34. The Morgan fingerprint density at radius 1 is 1.29 bits per heavy atom. The third-order valence-electron chi connectivity index (χ3n) is 5.24. The average molecular weight is 350 g/mol. The van der Waals surface area contributed by atoms with Gasteiger partial charge in [-0.3, -0.25) is 14.5 Å². The van der Waals surface area contributed by atoms with Crippen LogP contribution in [0.4, 0.5) is 0 Å². The van der Waals surface area contributed by atoms with Crippen LogP contribution in [0.2, 0.25) is 0 Å². The predicted molar refractivity (Wildman–Crippen MR) is 96.0 cm³/mol. The molecule has 2 aliphatic rings. The van der Waals surface area contributed by atoms with E-state index in [9.17, 15) is 9.59 Å². The van der Waals surface area contributed by atoms with E-state index in [0.29, 0.717) is 12.6 Å². The van der Waals surface area contributed by atoms with Crippen molar-refractivity contribution in [3.63, 3.8) is 0 Å².